The first-order valence-electron chi connectivity index (χ1n) is 7.90. The summed E-state index contributed by atoms with van der Waals surface area (Å²) in [6, 6.07) is 9.72. The van der Waals surface area contributed by atoms with Gasteiger partial charge in [-0.15, -0.1) is 0 Å². The van der Waals surface area contributed by atoms with Crippen molar-refractivity contribution in [2.24, 2.45) is 10.7 Å². The Morgan fingerprint density at radius 3 is 2.73 bits per heavy atom. The smallest absolute Gasteiger partial charge is 0.220 e. The summed E-state index contributed by atoms with van der Waals surface area (Å²) in [5.74, 6) is 0.915. The number of H-pyrrole nitrogens is 1. The van der Waals surface area contributed by atoms with Crippen molar-refractivity contribution in [2.45, 2.75) is 6.92 Å². The molecule has 0 aliphatic rings. The summed E-state index contributed by atoms with van der Waals surface area (Å²) in [5, 5.41) is 0. The highest BCUT2D eigenvalue weighted by atomic mass is 19.1. The molecule has 26 heavy (non-hydrogen) atoms. The second kappa shape index (κ2) is 7.18. The number of amidine groups is 1. The number of aryl methyl sites for hydroxylation is 1. The molecule has 0 bridgehead atoms. The van der Waals surface area contributed by atoms with E-state index < -0.39 is 0 Å². The lowest BCUT2D eigenvalue weighted by Crippen LogP contribution is -2.14. The average molecular weight is 352 g/mol. The number of nitrogens with one attached hydrogen (secondary N) is 1. The van der Waals surface area contributed by atoms with Gasteiger partial charge in [0.1, 0.15) is 23.1 Å². The number of nitrogens with two attached hydrogens (primary N) is 2. The van der Waals surface area contributed by atoms with Gasteiger partial charge in [-0.25, -0.2) is 19.4 Å². The van der Waals surface area contributed by atoms with E-state index in [0.717, 1.165) is 11.1 Å². The Morgan fingerprint density at radius 2 is 2.00 bits per heavy atom. The van der Waals surface area contributed by atoms with Gasteiger partial charge in [-0.2, -0.15) is 0 Å². The van der Waals surface area contributed by atoms with E-state index in [1.165, 1.54) is 19.2 Å². The largest absolute Gasteiger partial charge is 0.495 e. The zero-order valence-corrected chi connectivity index (χ0v) is 14.5. The molecule has 0 unspecified atom stereocenters. The summed E-state index contributed by atoms with van der Waals surface area (Å²) >= 11 is 0. The molecule has 0 amide bonds. The van der Waals surface area contributed by atoms with Crippen LogP contribution >= 0.6 is 0 Å². The van der Waals surface area contributed by atoms with Crippen molar-refractivity contribution in [3.05, 3.63) is 65.7 Å². The molecule has 0 spiro atoms. The number of ether oxygens (including phenoxy) is 1. The van der Waals surface area contributed by atoms with Gasteiger partial charge in [0.2, 0.25) is 12.0 Å². The summed E-state index contributed by atoms with van der Waals surface area (Å²) in [5.41, 5.74) is 15.3. The minimum atomic E-state index is -0.286. The van der Waals surface area contributed by atoms with Gasteiger partial charge in [-0.3, -0.25) is 0 Å². The number of nitrogen functional groups attached to an aromatic ring is 1. The second-order valence-corrected chi connectivity index (χ2v) is 5.72. The van der Waals surface area contributed by atoms with Crippen LogP contribution in [0.2, 0.25) is 0 Å². The maximum atomic E-state index is 13.3. The van der Waals surface area contributed by atoms with Gasteiger partial charge >= 0.3 is 0 Å². The lowest BCUT2D eigenvalue weighted by molar-refractivity contribution is -0.377. The Balaban J connectivity index is 1.96. The van der Waals surface area contributed by atoms with Crippen molar-refractivity contribution in [2.75, 3.05) is 12.8 Å². The minimum absolute atomic E-state index is 0.275. The number of aliphatic imine (C=N–C) groups is 1. The number of aromatic amines is 1. The van der Waals surface area contributed by atoms with Crippen LogP contribution in [0.15, 0.2) is 53.8 Å². The molecule has 3 aromatic rings. The fourth-order valence-electron chi connectivity index (χ4n) is 2.55. The molecule has 2 aromatic carbocycles. The number of hydrogen-bond donors (Lipinski definition) is 2. The van der Waals surface area contributed by atoms with E-state index in [9.17, 15) is 4.39 Å². The predicted molar refractivity (Wildman–Crippen MR) is 98.7 cm³/mol. The summed E-state index contributed by atoms with van der Waals surface area (Å²) in [7, 11) is 1.54. The van der Waals surface area contributed by atoms with Crippen molar-refractivity contribution in [1.82, 2.24) is 4.98 Å². The number of aromatic nitrogens is 2. The first-order chi connectivity index (χ1) is 12.5. The quantitative estimate of drug-likeness (QED) is 0.428. The average Bonchev–Trinajstić information content (AvgIpc) is 2.62. The Hall–Kier alpha value is -3.48. The molecule has 0 fully saturated rings. The molecule has 0 radical (unpaired) electrons. The van der Waals surface area contributed by atoms with Crippen molar-refractivity contribution >= 4 is 17.3 Å². The monoisotopic (exact) mass is 352 g/mol. The molecule has 0 saturated heterocycles. The van der Waals surface area contributed by atoms with Crippen LogP contribution in [0.5, 0.6) is 5.75 Å². The Labute approximate surface area is 150 Å². The van der Waals surface area contributed by atoms with E-state index in [1.807, 2.05) is 6.92 Å². The molecular formula is C19H19FN5O+. The number of benzene rings is 2. The number of methoxy groups -OCH3 is 1. The molecule has 132 valence electrons. The van der Waals surface area contributed by atoms with Crippen molar-refractivity contribution in [3.8, 4) is 17.0 Å². The lowest BCUT2D eigenvalue weighted by Gasteiger charge is -2.07. The Morgan fingerprint density at radius 1 is 1.19 bits per heavy atom. The fourth-order valence-corrected chi connectivity index (χ4v) is 2.55. The first-order valence-corrected chi connectivity index (χ1v) is 7.90. The summed E-state index contributed by atoms with van der Waals surface area (Å²) in [6.07, 6.45) is 3.35. The highest BCUT2D eigenvalue weighted by molar-refractivity contribution is 5.99. The standard InChI is InChI=1S/C19H18FN5O/c1-11-7-13(20)4-5-14(11)16-9-23-10-18(24-16)25-19(22)12-3-6-15(21)17(8-12)26-2/h3-10H,21H2,1-2H3,(H2,22,24,25)/p+1. The maximum absolute atomic E-state index is 13.3. The van der Waals surface area contributed by atoms with E-state index in [2.05, 4.69) is 15.0 Å². The topological polar surface area (TPSA) is 101 Å². The Bertz CT molecular complexity index is 987. The Kier molecular flexibility index (Phi) is 4.79. The van der Waals surface area contributed by atoms with E-state index in [4.69, 9.17) is 16.2 Å². The van der Waals surface area contributed by atoms with E-state index in [-0.39, 0.29) is 11.7 Å². The molecule has 5 N–H and O–H groups in total. The van der Waals surface area contributed by atoms with Gasteiger partial charge < -0.3 is 16.2 Å². The van der Waals surface area contributed by atoms with Crippen LogP contribution in [-0.2, 0) is 0 Å². The third-order valence-corrected chi connectivity index (χ3v) is 3.90. The third kappa shape index (κ3) is 3.61. The number of hydrogen-bond acceptors (Lipinski definition) is 4. The summed E-state index contributed by atoms with van der Waals surface area (Å²) < 4.78 is 18.5. The van der Waals surface area contributed by atoms with Crippen molar-refractivity contribution in [1.29, 1.82) is 0 Å². The minimum Gasteiger partial charge on any atom is -0.495 e. The lowest BCUT2D eigenvalue weighted by atomic mass is 10.1. The van der Waals surface area contributed by atoms with Gasteiger partial charge in [0.05, 0.1) is 12.8 Å². The van der Waals surface area contributed by atoms with Crippen LogP contribution in [0.4, 0.5) is 15.9 Å². The molecule has 7 heteroatoms. The summed E-state index contributed by atoms with van der Waals surface area (Å²) in [6.45, 7) is 1.82. The van der Waals surface area contributed by atoms with Crippen LogP contribution in [0, 0.1) is 12.7 Å². The van der Waals surface area contributed by atoms with Crippen LogP contribution in [0.1, 0.15) is 11.1 Å². The van der Waals surface area contributed by atoms with Crippen LogP contribution < -0.4 is 21.2 Å². The van der Waals surface area contributed by atoms with Crippen LogP contribution in [-0.4, -0.2) is 17.9 Å². The number of nitrogens with zero attached hydrogens (tertiary/aromatic N) is 2. The second-order valence-electron chi connectivity index (χ2n) is 5.72. The molecule has 3 rings (SSSR count). The highest BCUT2D eigenvalue weighted by Crippen LogP contribution is 2.24. The van der Waals surface area contributed by atoms with E-state index in [1.54, 1.807) is 36.7 Å². The van der Waals surface area contributed by atoms with Gasteiger partial charge in [0.15, 0.2) is 6.20 Å². The summed E-state index contributed by atoms with van der Waals surface area (Å²) in [4.78, 5) is 11.8. The SMILES string of the molecule is COc1cc(C(N)=Nc2c[nH+]cc(-c3ccc(F)cc3C)n2)ccc1N. The molecule has 1 aromatic heterocycles. The van der Waals surface area contributed by atoms with E-state index in [0.29, 0.717) is 28.5 Å². The van der Waals surface area contributed by atoms with Crippen LogP contribution in [0.3, 0.4) is 0 Å². The van der Waals surface area contributed by atoms with Crippen molar-refractivity contribution < 1.29 is 14.1 Å². The molecule has 0 aliphatic carbocycles. The molecule has 6 nitrogen and oxygen atoms in total. The number of halogens is 1. The van der Waals surface area contributed by atoms with Gasteiger partial charge in [-0.05, 0) is 48.9 Å². The highest BCUT2D eigenvalue weighted by Gasteiger charge is 2.10. The first kappa shape index (κ1) is 17.3. The van der Waals surface area contributed by atoms with Crippen LogP contribution in [0.25, 0.3) is 11.3 Å². The predicted octanol–water partition coefficient (Wildman–Crippen LogP) is 2.64. The third-order valence-electron chi connectivity index (χ3n) is 3.90. The van der Waals surface area contributed by atoms with Gasteiger partial charge in [0, 0.05) is 11.1 Å². The molecular weight excluding hydrogens is 333 g/mol. The normalized spacial score (nSPS) is 11.4. The number of anilines is 1. The molecule has 0 saturated carbocycles. The molecule has 0 atom stereocenters. The molecule has 1 heterocycles. The zero-order valence-electron chi connectivity index (χ0n) is 14.5. The van der Waals surface area contributed by atoms with E-state index >= 15 is 0 Å². The molecule has 0 aliphatic heterocycles. The fraction of sp³-hybridized carbons (Fsp3) is 0.105. The van der Waals surface area contributed by atoms with Gasteiger partial charge in [0.25, 0.3) is 0 Å². The number of rotatable bonds is 4. The van der Waals surface area contributed by atoms with Crippen molar-refractivity contribution in [3.63, 3.8) is 0 Å². The zero-order chi connectivity index (χ0) is 18.7. The van der Waals surface area contributed by atoms with Gasteiger partial charge in [-0.1, -0.05) is 0 Å². The maximum Gasteiger partial charge on any atom is 0.220 e.